The van der Waals surface area contributed by atoms with E-state index in [1.54, 1.807) is 26.1 Å². The van der Waals surface area contributed by atoms with Crippen molar-refractivity contribution in [3.8, 4) is 11.3 Å². The fourth-order valence-corrected chi connectivity index (χ4v) is 5.82. The van der Waals surface area contributed by atoms with Crippen LogP contribution in [0.4, 0.5) is 24.5 Å². The maximum absolute atomic E-state index is 12.9. The monoisotopic (exact) mass is 913 g/mol. The van der Waals surface area contributed by atoms with Gasteiger partial charge in [-0.15, -0.1) is 0 Å². The van der Waals surface area contributed by atoms with Crippen molar-refractivity contribution in [3.05, 3.63) is 145 Å². The van der Waals surface area contributed by atoms with Crippen molar-refractivity contribution in [2.24, 2.45) is 0 Å². The van der Waals surface area contributed by atoms with Crippen molar-refractivity contribution in [2.45, 2.75) is 41.5 Å². The second kappa shape index (κ2) is 25.7. The smallest absolute Gasteiger partial charge is 0.423 e. The number of rotatable bonds is 10. The Hall–Kier alpha value is -6.13. The van der Waals surface area contributed by atoms with Crippen LogP contribution in [0.3, 0.4) is 0 Å². The number of H-pyrrole nitrogens is 1. The third-order valence-electron chi connectivity index (χ3n) is 7.50. The lowest BCUT2D eigenvalue weighted by Crippen LogP contribution is -2.30. The highest BCUT2D eigenvalue weighted by Crippen LogP contribution is 2.38. The number of halogens is 4. The Morgan fingerprint density at radius 1 is 0.698 bits per heavy atom. The van der Waals surface area contributed by atoms with Gasteiger partial charge >= 0.3 is 21.4 Å². The molecule has 24 heteroatoms. The maximum Gasteiger partial charge on any atom is 0.490 e. The molecule has 0 fully saturated rings. The van der Waals surface area contributed by atoms with Gasteiger partial charge in [0, 0.05) is 59.5 Å². The van der Waals surface area contributed by atoms with Crippen LogP contribution in [0.1, 0.15) is 37.5 Å². The molecule has 7 rings (SSSR count). The summed E-state index contributed by atoms with van der Waals surface area (Å²) in [5, 5.41) is 38.9. The van der Waals surface area contributed by atoms with Crippen LogP contribution < -0.4 is 5.46 Å². The number of fused-ring (bicyclic) bond motifs is 3. The maximum atomic E-state index is 12.9. The highest BCUT2D eigenvalue weighted by molar-refractivity contribution is 7.41. The van der Waals surface area contributed by atoms with E-state index < -0.39 is 43.4 Å². The number of hydrogen-bond donors (Lipinski definition) is 3. The number of pyridine rings is 6. The average molecular weight is 914 g/mol. The summed E-state index contributed by atoms with van der Waals surface area (Å²) in [6, 6.07) is 12.7. The summed E-state index contributed by atoms with van der Waals surface area (Å²) in [5.74, 6) is -1.75. The summed E-state index contributed by atoms with van der Waals surface area (Å²) in [4.78, 5) is 45.5. The average Bonchev–Trinajstić information content (AvgIpc) is 3.60. The zero-order valence-corrected chi connectivity index (χ0v) is 36.2. The van der Waals surface area contributed by atoms with Crippen LogP contribution in [0.25, 0.3) is 33.3 Å². The minimum absolute atomic E-state index is 0.0689. The lowest BCUT2D eigenvalue weighted by molar-refractivity contribution is -0.385. The van der Waals surface area contributed by atoms with Gasteiger partial charge in [0.15, 0.2) is 0 Å². The zero-order valence-electron chi connectivity index (χ0n) is 34.6. The molecular formula is C39H41BClF3N9O9P. The minimum atomic E-state index is -1.58. The molecule has 63 heavy (non-hydrogen) atoms. The van der Waals surface area contributed by atoms with Gasteiger partial charge in [0.2, 0.25) is 23.0 Å². The Kier molecular flexibility index (Phi) is 20.9. The number of aryl methyl sites for hydroxylation is 3. The van der Waals surface area contributed by atoms with E-state index in [2.05, 4.69) is 34.9 Å². The van der Waals surface area contributed by atoms with Crippen molar-refractivity contribution in [1.29, 1.82) is 0 Å². The van der Waals surface area contributed by atoms with Crippen molar-refractivity contribution >= 4 is 66.2 Å². The Balaban J connectivity index is 0.000000214. The van der Waals surface area contributed by atoms with E-state index in [1.165, 1.54) is 48.9 Å². The Bertz CT molecular complexity index is 2500. The standard InChI is InChI=1S/C11H8FN3O2.C11H8FN3.C6H5ClN2O2.C6H15O3P.C5H5BFNO2/c1-7-4-9(15(16)17)11(14-5-7)8-2-3-10(12)13-6-8;1-6-4-8-10(13-5-6)7-2-3-9(12)15-11(7)14-8;1-4-2-5(9(10)11)6(7)8-3-4;1-4-7-10(8-5-2)9-6-3;7-5-2-1-4(3-8-5)6(9)10/h2-6H,1H3;2-5H,1H3,(H,14,15);2-3H,1H3;4-6H2,1-3H3;1-3,9-10H. The van der Waals surface area contributed by atoms with Crippen LogP contribution in [-0.4, -0.2) is 81.7 Å². The third-order valence-corrected chi connectivity index (χ3v) is 9.20. The number of aromatic amines is 1. The quantitative estimate of drug-likeness (QED) is 0.0384. The molecule has 0 unspecified atom stereocenters. The first kappa shape index (κ1) is 51.2. The van der Waals surface area contributed by atoms with E-state index >= 15 is 0 Å². The highest BCUT2D eigenvalue weighted by atomic mass is 35.5. The normalized spacial score (nSPS) is 10.4. The molecule has 7 aromatic heterocycles. The Labute approximate surface area is 365 Å². The van der Waals surface area contributed by atoms with E-state index in [0.29, 0.717) is 36.6 Å². The van der Waals surface area contributed by atoms with Crippen LogP contribution >= 0.6 is 20.2 Å². The second-order valence-corrected chi connectivity index (χ2v) is 14.0. The molecule has 0 aliphatic rings. The molecule has 0 aliphatic carbocycles. The van der Waals surface area contributed by atoms with Crippen molar-refractivity contribution in [2.75, 3.05) is 19.8 Å². The molecule has 0 spiro atoms. The van der Waals surface area contributed by atoms with Crippen molar-refractivity contribution < 1.29 is 46.6 Å². The molecule has 3 N–H and O–H groups in total. The molecule has 0 radical (unpaired) electrons. The molecule has 7 heterocycles. The molecule has 0 aromatic carbocycles. The van der Waals surface area contributed by atoms with E-state index in [4.69, 9.17) is 35.2 Å². The van der Waals surface area contributed by atoms with Crippen LogP contribution in [0.15, 0.2) is 85.6 Å². The summed E-state index contributed by atoms with van der Waals surface area (Å²) in [5.41, 5.74) is 5.28. The van der Waals surface area contributed by atoms with Gasteiger partial charge in [-0.1, -0.05) is 17.7 Å². The first-order valence-electron chi connectivity index (χ1n) is 18.5. The summed E-state index contributed by atoms with van der Waals surface area (Å²) in [6.07, 6.45) is 7.08. The Morgan fingerprint density at radius 2 is 1.22 bits per heavy atom. The molecule has 7 aromatic rings. The van der Waals surface area contributed by atoms with Gasteiger partial charge in [-0.2, -0.15) is 13.2 Å². The summed E-state index contributed by atoms with van der Waals surface area (Å²) >= 11 is 5.44. The topological polar surface area (TPSA) is 248 Å². The van der Waals surface area contributed by atoms with Gasteiger partial charge < -0.3 is 28.6 Å². The number of nitrogens with one attached hydrogen (secondary N) is 1. The van der Waals surface area contributed by atoms with E-state index in [9.17, 15) is 33.4 Å². The minimum Gasteiger partial charge on any atom is -0.423 e. The van der Waals surface area contributed by atoms with Gasteiger partial charge in [0.25, 0.3) is 5.69 Å². The summed E-state index contributed by atoms with van der Waals surface area (Å²) in [6.45, 7) is 13.1. The lowest BCUT2D eigenvalue weighted by atomic mass is 9.82. The summed E-state index contributed by atoms with van der Waals surface area (Å²) in [7, 11) is -2.64. The third kappa shape index (κ3) is 16.6. The van der Waals surface area contributed by atoms with Crippen LogP contribution in [0, 0.1) is 58.8 Å². The molecule has 0 bridgehead atoms. The lowest BCUT2D eigenvalue weighted by Gasteiger charge is -2.12. The van der Waals surface area contributed by atoms with Crippen molar-refractivity contribution in [3.63, 3.8) is 0 Å². The van der Waals surface area contributed by atoms with Gasteiger partial charge in [-0.25, -0.2) is 24.9 Å². The largest absolute Gasteiger partial charge is 0.490 e. The predicted molar refractivity (Wildman–Crippen MR) is 231 cm³/mol. The molecule has 0 aliphatic heterocycles. The van der Waals surface area contributed by atoms with Crippen LogP contribution in [0.5, 0.6) is 0 Å². The first-order chi connectivity index (χ1) is 30.0. The number of nitro groups is 2. The van der Waals surface area contributed by atoms with Crippen LogP contribution in [0.2, 0.25) is 5.15 Å². The second-order valence-electron chi connectivity index (χ2n) is 12.4. The Morgan fingerprint density at radius 3 is 1.73 bits per heavy atom. The fraction of sp³-hybridized carbons (Fsp3) is 0.231. The first-order valence-corrected chi connectivity index (χ1v) is 20.0. The molecular weight excluding hydrogens is 873 g/mol. The number of nitrogens with zero attached hydrogens (tertiary/aromatic N) is 8. The molecule has 0 atom stereocenters. The van der Waals surface area contributed by atoms with E-state index in [1.807, 2.05) is 33.8 Å². The number of hydrogen-bond acceptors (Lipinski definition) is 15. The summed E-state index contributed by atoms with van der Waals surface area (Å²) < 4.78 is 53.1. The van der Waals surface area contributed by atoms with E-state index in [-0.39, 0.29) is 27.7 Å². The predicted octanol–water partition coefficient (Wildman–Crippen LogP) is 8.23. The van der Waals surface area contributed by atoms with Gasteiger partial charge in [0.1, 0.15) is 11.3 Å². The molecule has 0 saturated heterocycles. The van der Waals surface area contributed by atoms with Gasteiger partial charge in [-0.05, 0) is 94.6 Å². The highest BCUT2D eigenvalue weighted by Gasteiger charge is 2.18. The van der Waals surface area contributed by atoms with Gasteiger partial charge in [0.05, 0.1) is 40.7 Å². The van der Waals surface area contributed by atoms with E-state index in [0.717, 1.165) is 45.9 Å². The van der Waals surface area contributed by atoms with Crippen molar-refractivity contribution in [1.82, 2.24) is 34.9 Å². The molecule has 0 saturated carbocycles. The molecule has 18 nitrogen and oxygen atoms in total. The van der Waals surface area contributed by atoms with Gasteiger partial charge in [-0.3, -0.25) is 25.2 Å². The van der Waals surface area contributed by atoms with Crippen LogP contribution in [-0.2, 0) is 13.6 Å². The zero-order chi connectivity index (χ0) is 46.6. The SMILES string of the molecule is CCOP(OCC)OCC.Cc1cnc(-c2ccc(F)nc2)c([N+](=O)[O-])c1.Cc1cnc(Cl)c([N+](=O)[O-])c1.Cc1cnc2c(c1)[nH]c1nc(F)ccc12.OB(O)c1ccc(F)nc1. The number of aromatic nitrogens is 7. The molecule has 0 amide bonds. The molecule has 332 valence electrons. The fourth-order valence-electron chi connectivity index (χ4n) is 4.79.